The number of rotatable bonds is 4. The van der Waals surface area contributed by atoms with Gasteiger partial charge in [-0.3, -0.25) is 0 Å². The molecule has 2 rings (SSSR count). The molecule has 0 aromatic heterocycles. The van der Waals surface area contributed by atoms with Gasteiger partial charge in [-0.2, -0.15) is 0 Å². The SMILES string of the molecule is CC(CO)(Cc1cccc(Cl)c1)c1ccc(Cl)cc1. The maximum atomic E-state index is 9.77. The zero-order valence-electron chi connectivity index (χ0n) is 10.7. The van der Waals surface area contributed by atoms with E-state index in [1.54, 1.807) is 0 Å². The Morgan fingerprint density at radius 3 is 2.26 bits per heavy atom. The van der Waals surface area contributed by atoms with E-state index in [1.807, 2.05) is 55.5 Å². The Labute approximate surface area is 123 Å². The Morgan fingerprint density at radius 1 is 1.00 bits per heavy atom. The summed E-state index contributed by atoms with van der Waals surface area (Å²) in [6.45, 7) is 2.11. The Kier molecular flexibility index (Phi) is 4.51. The lowest BCUT2D eigenvalue weighted by atomic mass is 9.78. The number of hydrogen-bond donors (Lipinski definition) is 1. The van der Waals surface area contributed by atoms with E-state index >= 15 is 0 Å². The summed E-state index contributed by atoms with van der Waals surface area (Å²) >= 11 is 11.9. The first-order chi connectivity index (χ1) is 9.03. The second-order valence-electron chi connectivity index (χ2n) is 5.03. The molecule has 1 nitrogen and oxygen atoms in total. The molecule has 0 saturated carbocycles. The van der Waals surface area contributed by atoms with Crippen LogP contribution in [0.15, 0.2) is 48.5 Å². The topological polar surface area (TPSA) is 20.2 Å². The predicted molar refractivity (Wildman–Crippen MR) is 81.0 cm³/mol. The fraction of sp³-hybridized carbons (Fsp3) is 0.250. The molecule has 0 bridgehead atoms. The highest BCUT2D eigenvalue weighted by Gasteiger charge is 2.26. The standard InChI is InChI=1S/C16H16Cl2O/c1-16(11-19,13-5-7-14(17)8-6-13)10-12-3-2-4-15(18)9-12/h2-9,19H,10-11H2,1H3. The maximum Gasteiger partial charge on any atom is 0.0528 e. The van der Waals surface area contributed by atoms with Gasteiger partial charge in [-0.1, -0.05) is 54.4 Å². The third-order valence-corrected chi connectivity index (χ3v) is 3.86. The van der Waals surface area contributed by atoms with Gasteiger partial charge >= 0.3 is 0 Å². The van der Waals surface area contributed by atoms with Gasteiger partial charge in [-0.05, 0) is 41.8 Å². The van der Waals surface area contributed by atoms with Crippen molar-refractivity contribution in [3.8, 4) is 0 Å². The minimum Gasteiger partial charge on any atom is -0.395 e. The van der Waals surface area contributed by atoms with E-state index in [-0.39, 0.29) is 12.0 Å². The molecule has 0 radical (unpaired) electrons. The molecule has 0 aliphatic rings. The van der Waals surface area contributed by atoms with Gasteiger partial charge in [-0.25, -0.2) is 0 Å². The van der Waals surface area contributed by atoms with E-state index in [1.165, 1.54) is 0 Å². The van der Waals surface area contributed by atoms with Crippen molar-refractivity contribution in [2.24, 2.45) is 0 Å². The van der Waals surface area contributed by atoms with Crippen molar-refractivity contribution >= 4 is 23.2 Å². The number of benzene rings is 2. The summed E-state index contributed by atoms with van der Waals surface area (Å²) in [6.07, 6.45) is 0.728. The van der Waals surface area contributed by atoms with Crippen LogP contribution in [0, 0.1) is 0 Å². The van der Waals surface area contributed by atoms with Crippen LogP contribution in [0.1, 0.15) is 18.1 Å². The van der Waals surface area contributed by atoms with Crippen LogP contribution in [-0.4, -0.2) is 11.7 Å². The molecule has 1 atom stereocenters. The molecule has 19 heavy (non-hydrogen) atoms. The van der Waals surface area contributed by atoms with Crippen LogP contribution in [-0.2, 0) is 11.8 Å². The number of aliphatic hydroxyl groups excluding tert-OH is 1. The molecule has 0 spiro atoms. The molecule has 1 unspecified atom stereocenters. The van der Waals surface area contributed by atoms with Crippen LogP contribution in [0.3, 0.4) is 0 Å². The molecule has 100 valence electrons. The van der Waals surface area contributed by atoms with Crippen molar-refractivity contribution in [2.75, 3.05) is 6.61 Å². The van der Waals surface area contributed by atoms with Gasteiger partial charge in [-0.15, -0.1) is 0 Å². The molecule has 2 aromatic carbocycles. The van der Waals surface area contributed by atoms with Gasteiger partial charge < -0.3 is 5.11 Å². The molecule has 0 aliphatic carbocycles. The maximum absolute atomic E-state index is 9.77. The Bertz CT molecular complexity index is 551. The molecule has 1 N–H and O–H groups in total. The average Bonchev–Trinajstić information content (AvgIpc) is 2.39. The summed E-state index contributed by atoms with van der Waals surface area (Å²) in [5, 5.41) is 11.2. The van der Waals surface area contributed by atoms with Gasteiger partial charge in [0.15, 0.2) is 0 Å². The first kappa shape index (κ1) is 14.4. The second kappa shape index (κ2) is 5.96. The Hall–Kier alpha value is -1.02. The quantitative estimate of drug-likeness (QED) is 0.881. The van der Waals surface area contributed by atoms with Crippen LogP contribution in [0.4, 0.5) is 0 Å². The minimum absolute atomic E-state index is 0.0706. The summed E-state index contributed by atoms with van der Waals surface area (Å²) in [5.74, 6) is 0. The zero-order chi connectivity index (χ0) is 13.9. The van der Waals surface area contributed by atoms with E-state index in [4.69, 9.17) is 23.2 Å². The Morgan fingerprint density at radius 2 is 1.68 bits per heavy atom. The Balaban J connectivity index is 2.29. The largest absolute Gasteiger partial charge is 0.395 e. The monoisotopic (exact) mass is 294 g/mol. The van der Waals surface area contributed by atoms with Crippen LogP contribution >= 0.6 is 23.2 Å². The number of halogens is 2. The lowest BCUT2D eigenvalue weighted by Crippen LogP contribution is -2.29. The molecule has 0 fully saturated rings. The first-order valence-electron chi connectivity index (χ1n) is 6.15. The predicted octanol–water partition coefficient (Wildman–Crippen LogP) is 4.49. The number of hydrogen-bond acceptors (Lipinski definition) is 1. The van der Waals surface area contributed by atoms with E-state index in [9.17, 15) is 5.11 Å². The van der Waals surface area contributed by atoms with Gasteiger partial charge in [0.05, 0.1) is 6.61 Å². The second-order valence-corrected chi connectivity index (χ2v) is 5.91. The zero-order valence-corrected chi connectivity index (χ0v) is 12.2. The van der Waals surface area contributed by atoms with Gasteiger partial charge in [0.25, 0.3) is 0 Å². The summed E-state index contributed by atoms with van der Waals surface area (Å²) in [4.78, 5) is 0. The summed E-state index contributed by atoms with van der Waals surface area (Å²) in [5.41, 5.74) is 1.84. The lowest BCUT2D eigenvalue weighted by Gasteiger charge is -2.28. The molecule has 0 heterocycles. The highest BCUT2D eigenvalue weighted by atomic mass is 35.5. The molecule has 0 aliphatic heterocycles. The van der Waals surface area contributed by atoms with Crippen LogP contribution in [0.2, 0.25) is 10.0 Å². The molecular weight excluding hydrogens is 279 g/mol. The first-order valence-corrected chi connectivity index (χ1v) is 6.90. The van der Waals surface area contributed by atoms with Crippen molar-refractivity contribution in [3.63, 3.8) is 0 Å². The third-order valence-electron chi connectivity index (χ3n) is 3.37. The van der Waals surface area contributed by atoms with Crippen molar-refractivity contribution in [3.05, 3.63) is 69.7 Å². The van der Waals surface area contributed by atoms with Gasteiger partial charge in [0, 0.05) is 15.5 Å². The molecule has 3 heteroatoms. The molecule has 2 aromatic rings. The van der Waals surface area contributed by atoms with E-state index in [2.05, 4.69) is 0 Å². The van der Waals surface area contributed by atoms with Crippen molar-refractivity contribution in [1.82, 2.24) is 0 Å². The number of aliphatic hydroxyl groups is 1. The van der Waals surface area contributed by atoms with Crippen LogP contribution in [0.5, 0.6) is 0 Å². The summed E-state index contributed by atoms with van der Waals surface area (Å²) < 4.78 is 0. The van der Waals surface area contributed by atoms with E-state index < -0.39 is 0 Å². The van der Waals surface area contributed by atoms with Crippen LogP contribution in [0.25, 0.3) is 0 Å². The highest BCUT2D eigenvalue weighted by Crippen LogP contribution is 2.29. The van der Waals surface area contributed by atoms with Gasteiger partial charge in [0.2, 0.25) is 0 Å². The van der Waals surface area contributed by atoms with E-state index in [0.717, 1.165) is 17.5 Å². The van der Waals surface area contributed by atoms with Gasteiger partial charge in [0.1, 0.15) is 0 Å². The normalized spacial score (nSPS) is 14.1. The third kappa shape index (κ3) is 3.50. The highest BCUT2D eigenvalue weighted by molar-refractivity contribution is 6.30. The summed E-state index contributed by atoms with van der Waals surface area (Å²) in [6, 6.07) is 15.4. The van der Waals surface area contributed by atoms with Crippen molar-refractivity contribution in [2.45, 2.75) is 18.8 Å². The lowest BCUT2D eigenvalue weighted by molar-refractivity contribution is 0.204. The van der Waals surface area contributed by atoms with E-state index in [0.29, 0.717) is 10.0 Å². The summed E-state index contributed by atoms with van der Waals surface area (Å²) in [7, 11) is 0. The average molecular weight is 295 g/mol. The fourth-order valence-corrected chi connectivity index (χ4v) is 2.54. The molecule has 0 amide bonds. The van der Waals surface area contributed by atoms with Crippen molar-refractivity contribution < 1.29 is 5.11 Å². The van der Waals surface area contributed by atoms with Crippen LogP contribution < -0.4 is 0 Å². The minimum atomic E-state index is -0.338. The fourth-order valence-electron chi connectivity index (χ4n) is 2.20. The molecular formula is C16H16Cl2O. The van der Waals surface area contributed by atoms with Crippen molar-refractivity contribution in [1.29, 1.82) is 0 Å². The molecule has 0 saturated heterocycles. The smallest absolute Gasteiger partial charge is 0.0528 e.